The normalized spacial score (nSPS) is 12.6. The first kappa shape index (κ1) is 23.3. The molecule has 3 rings (SSSR count). The van der Waals surface area contributed by atoms with Crippen molar-refractivity contribution in [1.82, 2.24) is 20.1 Å². The fourth-order valence-electron chi connectivity index (χ4n) is 3.35. The molecule has 0 bridgehead atoms. The summed E-state index contributed by atoms with van der Waals surface area (Å²) in [6.07, 6.45) is -2.31. The van der Waals surface area contributed by atoms with Crippen molar-refractivity contribution in [2.24, 2.45) is 0 Å². The Bertz CT molecular complexity index is 1080. The molecule has 1 aromatic carbocycles. The lowest BCUT2D eigenvalue weighted by atomic mass is 10.0. The maximum absolute atomic E-state index is 13.0. The first-order valence-electron chi connectivity index (χ1n) is 10.3. The lowest BCUT2D eigenvalue weighted by molar-refractivity contribution is -0.137. The molecule has 1 N–H and O–H groups in total. The van der Waals surface area contributed by atoms with Crippen LogP contribution in [0.4, 0.5) is 13.2 Å². The van der Waals surface area contributed by atoms with Crippen LogP contribution in [0.1, 0.15) is 66.8 Å². The van der Waals surface area contributed by atoms with E-state index < -0.39 is 11.7 Å². The number of carbonyl (C=O) groups excluding carboxylic acids is 1. The number of halogens is 3. The van der Waals surface area contributed by atoms with E-state index in [2.05, 4.69) is 15.4 Å². The number of aromatic nitrogens is 3. The summed E-state index contributed by atoms with van der Waals surface area (Å²) in [6.45, 7) is 8.06. The Morgan fingerprint density at radius 2 is 1.91 bits per heavy atom. The number of ether oxygens (including phenoxy) is 1. The predicted molar refractivity (Wildman–Crippen MR) is 114 cm³/mol. The van der Waals surface area contributed by atoms with Crippen LogP contribution in [0.15, 0.2) is 48.8 Å². The number of nitrogens with one attached hydrogen (secondary N) is 1. The molecule has 1 atom stereocenters. The largest absolute Gasteiger partial charge is 0.494 e. The summed E-state index contributed by atoms with van der Waals surface area (Å²) < 4.78 is 45.5. The van der Waals surface area contributed by atoms with Crippen molar-refractivity contribution in [2.75, 3.05) is 6.61 Å². The molecular formula is C23H25F3N4O2. The molecular weight excluding hydrogens is 421 g/mol. The summed E-state index contributed by atoms with van der Waals surface area (Å²) in [7, 11) is 0. The number of benzene rings is 1. The van der Waals surface area contributed by atoms with E-state index in [1.807, 2.05) is 52.0 Å². The van der Waals surface area contributed by atoms with Crippen molar-refractivity contribution in [3.05, 3.63) is 71.2 Å². The van der Waals surface area contributed by atoms with E-state index in [1.54, 1.807) is 0 Å². The number of rotatable bonds is 7. The third-order valence-corrected chi connectivity index (χ3v) is 4.91. The van der Waals surface area contributed by atoms with E-state index in [0.29, 0.717) is 17.9 Å². The zero-order valence-corrected chi connectivity index (χ0v) is 18.3. The fourth-order valence-corrected chi connectivity index (χ4v) is 3.35. The van der Waals surface area contributed by atoms with Crippen LogP contribution in [0.3, 0.4) is 0 Å². The molecule has 3 aromatic rings. The molecule has 6 nitrogen and oxygen atoms in total. The number of carbonyl (C=O) groups is 1. The molecule has 0 radical (unpaired) electrons. The maximum Gasteiger partial charge on any atom is 0.417 e. The van der Waals surface area contributed by atoms with Crippen LogP contribution in [-0.4, -0.2) is 27.3 Å². The number of alkyl halides is 3. The van der Waals surface area contributed by atoms with Crippen LogP contribution >= 0.6 is 0 Å². The highest BCUT2D eigenvalue weighted by molar-refractivity contribution is 5.95. The zero-order chi connectivity index (χ0) is 23.5. The lowest BCUT2D eigenvalue weighted by Gasteiger charge is -2.17. The minimum absolute atomic E-state index is 0.126. The van der Waals surface area contributed by atoms with E-state index in [0.717, 1.165) is 23.6 Å². The molecule has 2 heterocycles. The molecule has 0 saturated carbocycles. The summed E-state index contributed by atoms with van der Waals surface area (Å²) in [5.41, 5.74) is 0.937. The van der Waals surface area contributed by atoms with E-state index in [9.17, 15) is 18.0 Å². The average Bonchev–Trinajstić information content (AvgIpc) is 3.19. The second-order valence-electron chi connectivity index (χ2n) is 7.61. The van der Waals surface area contributed by atoms with Gasteiger partial charge in [-0.05, 0) is 49.6 Å². The van der Waals surface area contributed by atoms with Crippen LogP contribution in [0.25, 0.3) is 5.82 Å². The number of amides is 1. The van der Waals surface area contributed by atoms with Crippen molar-refractivity contribution in [3.63, 3.8) is 0 Å². The van der Waals surface area contributed by atoms with Crippen LogP contribution in [-0.2, 0) is 6.18 Å². The minimum atomic E-state index is -4.48. The topological polar surface area (TPSA) is 69.0 Å². The Hall–Kier alpha value is -3.36. The highest BCUT2D eigenvalue weighted by Gasteiger charge is 2.31. The van der Waals surface area contributed by atoms with Gasteiger partial charge in [-0.1, -0.05) is 26.0 Å². The molecule has 0 aliphatic heterocycles. The van der Waals surface area contributed by atoms with E-state index in [4.69, 9.17) is 4.74 Å². The van der Waals surface area contributed by atoms with Gasteiger partial charge in [-0.15, -0.1) is 0 Å². The molecule has 32 heavy (non-hydrogen) atoms. The van der Waals surface area contributed by atoms with Crippen molar-refractivity contribution in [2.45, 2.75) is 45.8 Å². The van der Waals surface area contributed by atoms with Gasteiger partial charge in [0, 0.05) is 6.20 Å². The van der Waals surface area contributed by atoms with Crippen molar-refractivity contribution >= 4 is 5.91 Å². The number of hydrogen-bond acceptors (Lipinski definition) is 4. The summed E-state index contributed by atoms with van der Waals surface area (Å²) in [5, 5.41) is 7.19. The monoisotopic (exact) mass is 446 g/mol. The van der Waals surface area contributed by atoms with Gasteiger partial charge >= 0.3 is 6.18 Å². The number of nitrogens with zero attached hydrogens (tertiary/aromatic N) is 3. The molecule has 0 saturated heterocycles. The summed E-state index contributed by atoms with van der Waals surface area (Å²) in [6, 6.07) is 9.36. The Morgan fingerprint density at radius 1 is 1.16 bits per heavy atom. The van der Waals surface area contributed by atoms with Gasteiger partial charge < -0.3 is 10.1 Å². The Morgan fingerprint density at radius 3 is 2.50 bits per heavy atom. The van der Waals surface area contributed by atoms with Crippen molar-refractivity contribution < 1.29 is 22.7 Å². The summed E-state index contributed by atoms with van der Waals surface area (Å²) in [5.74, 6) is 0.466. The second-order valence-corrected chi connectivity index (χ2v) is 7.61. The average molecular weight is 446 g/mol. The van der Waals surface area contributed by atoms with Gasteiger partial charge in [0.2, 0.25) is 0 Å². The molecule has 0 fully saturated rings. The molecule has 0 unspecified atom stereocenters. The quantitative estimate of drug-likeness (QED) is 0.535. The Labute approximate surface area is 184 Å². The molecule has 0 spiro atoms. The van der Waals surface area contributed by atoms with Crippen LogP contribution in [0, 0.1) is 0 Å². The lowest BCUT2D eigenvalue weighted by Crippen LogP contribution is -2.27. The summed E-state index contributed by atoms with van der Waals surface area (Å²) in [4.78, 5) is 16.9. The van der Waals surface area contributed by atoms with E-state index in [1.165, 1.54) is 16.9 Å². The molecule has 9 heteroatoms. The second kappa shape index (κ2) is 9.42. The van der Waals surface area contributed by atoms with Gasteiger partial charge in [-0.3, -0.25) is 4.79 Å². The van der Waals surface area contributed by atoms with Gasteiger partial charge in [0.1, 0.15) is 5.75 Å². The molecule has 0 aliphatic rings. The predicted octanol–water partition coefficient (Wildman–Crippen LogP) is 5.30. The van der Waals surface area contributed by atoms with Crippen molar-refractivity contribution in [3.8, 4) is 11.6 Å². The van der Waals surface area contributed by atoms with Gasteiger partial charge in [0.25, 0.3) is 5.91 Å². The molecule has 0 aliphatic carbocycles. The van der Waals surface area contributed by atoms with Crippen LogP contribution < -0.4 is 10.1 Å². The Kier molecular flexibility index (Phi) is 6.86. The van der Waals surface area contributed by atoms with Crippen LogP contribution in [0.5, 0.6) is 5.75 Å². The SMILES string of the molecule is CCOc1cccc([C@H](C)NC(=O)c2cnn(-c3ccc(C(F)(F)F)cn3)c2C(C)C)c1. The smallest absolute Gasteiger partial charge is 0.417 e. The highest BCUT2D eigenvalue weighted by atomic mass is 19.4. The minimum Gasteiger partial charge on any atom is -0.494 e. The Balaban J connectivity index is 1.86. The van der Waals surface area contributed by atoms with Gasteiger partial charge in [0.05, 0.1) is 35.7 Å². The standard InChI is InChI=1S/C23H25F3N4O2/c1-5-32-18-8-6-7-16(11-18)15(4)29-22(31)19-13-28-30(21(19)14(2)3)20-10-9-17(12-27-20)23(24,25)26/h6-15H,5H2,1-4H3,(H,29,31)/t15-/m0/s1. The fraction of sp³-hybridized carbons (Fsp3) is 0.348. The van der Waals surface area contributed by atoms with E-state index in [-0.39, 0.29) is 23.7 Å². The third kappa shape index (κ3) is 5.09. The first-order chi connectivity index (χ1) is 15.1. The summed E-state index contributed by atoms with van der Waals surface area (Å²) >= 11 is 0. The van der Waals surface area contributed by atoms with Gasteiger partial charge in [0.15, 0.2) is 5.82 Å². The number of pyridine rings is 1. The molecule has 2 aromatic heterocycles. The number of hydrogen-bond donors (Lipinski definition) is 1. The third-order valence-electron chi connectivity index (χ3n) is 4.91. The van der Waals surface area contributed by atoms with Crippen molar-refractivity contribution in [1.29, 1.82) is 0 Å². The van der Waals surface area contributed by atoms with Gasteiger partial charge in [-0.2, -0.15) is 18.3 Å². The van der Waals surface area contributed by atoms with Gasteiger partial charge in [-0.25, -0.2) is 9.67 Å². The zero-order valence-electron chi connectivity index (χ0n) is 18.3. The van der Waals surface area contributed by atoms with E-state index >= 15 is 0 Å². The highest BCUT2D eigenvalue weighted by Crippen LogP contribution is 2.29. The maximum atomic E-state index is 13.0. The van der Waals surface area contributed by atoms with Crippen LogP contribution in [0.2, 0.25) is 0 Å². The first-order valence-corrected chi connectivity index (χ1v) is 10.3. The molecule has 170 valence electrons. The molecule has 1 amide bonds.